The maximum Gasteiger partial charge on any atom is 0.184 e. The Bertz CT molecular complexity index is 1110. The summed E-state index contributed by atoms with van der Waals surface area (Å²) < 4.78 is 23.4. The molecule has 2 heterocycles. The minimum Gasteiger partial charge on any atom is -0.496 e. The molecule has 1 aromatic heterocycles. The monoisotopic (exact) mass is 479 g/mol. The first-order valence-corrected chi connectivity index (χ1v) is 12.5. The third-order valence-corrected chi connectivity index (χ3v) is 7.22. The second-order valence-corrected chi connectivity index (χ2v) is 10.2. The zero-order valence-corrected chi connectivity index (χ0v) is 21.8. The molecule has 1 aromatic carbocycles. The van der Waals surface area contributed by atoms with Gasteiger partial charge in [-0.15, -0.1) is 0 Å². The smallest absolute Gasteiger partial charge is 0.184 e. The van der Waals surface area contributed by atoms with E-state index in [1.807, 2.05) is 18.2 Å². The maximum atomic E-state index is 14.5. The van der Waals surface area contributed by atoms with Gasteiger partial charge in [-0.3, -0.25) is 4.79 Å². The van der Waals surface area contributed by atoms with Crippen molar-refractivity contribution in [3.63, 3.8) is 0 Å². The van der Waals surface area contributed by atoms with E-state index in [9.17, 15) is 4.79 Å². The van der Waals surface area contributed by atoms with Gasteiger partial charge >= 0.3 is 0 Å². The van der Waals surface area contributed by atoms with Crippen LogP contribution >= 0.6 is 0 Å². The number of allylic oxidation sites excluding steroid dienone is 4. The minimum atomic E-state index is -0.568. The van der Waals surface area contributed by atoms with Crippen molar-refractivity contribution in [1.82, 2.24) is 5.16 Å². The van der Waals surface area contributed by atoms with Crippen LogP contribution in [0.2, 0.25) is 0 Å². The van der Waals surface area contributed by atoms with Crippen molar-refractivity contribution in [2.75, 3.05) is 20.3 Å². The molecule has 0 bridgehead atoms. The molecule has 35 heavy (non-hydrogen) atoms. The van der Waals surface area contributed by atoms with Crippen molar-refractivity contribution in [2.45, 2.75) is 66.6 Å². The zero-order chi connectivity index (χ0) is 25.2. The van der Waals surface area contributed by atoms with Gasteiger partial charge in [-0.05, 0) is 58.9 Å². The number of carbonyl (C=O) groups excluding carboxylic acids is 1. The SMILES string of the molecule is COc1cccc(C2OCCCO2)c1-c1noc2c1C(=O)C(CC=C(C)C)(CC=C(C)C)C(C)C2. The molecule has 6 nitrogen and oxygen atoms in total. The topological polar surface area (TPSA) is 70.8 Å². The van der Waals surface area contributed by atoms with Crippen LogP contribution in [0.25, 0.3) is 11.3 Å². The van der Waals surface area contributed by atoms with Crippen LogP contribution in [-0.4, -0.2) is 31.3 Å². The van der Waals surface area contributed by atoms with Gasteiger partial charge in [-0.1, -0.05) is 47.5 Å². The van der Waals surface area contributed by atoms with Crippen LogP contribution in [0.4, 0.5) is 0 Å². The largest absolute Gasteiger partial charge is 0.496 e. The van der Waals surface area contributed by atoms with E-state index < -0.39 is 11.7 Å². The highest BCUT2D eigenvalue weighted by atomic mass is 16.7. The molecule has 1 atom stereocenters. The summed E-state index contributed by atoms with van der Waals surface area (Å²) in [6.07, 6.45) is 6.69. The number of Topliss-reactive ketones (excluding diaryl/α,β-unsaturated/α-hetero) is 1. The molecule has 0 amide bonds. The molecule has 6 heteroatoms. The fourth-order valence-electron chi connectivity index (χ4n) is 5.09. The Morgan fingerprint density at radius 1 is 1.09 bits per heavy atom. The third-order valence-electron chi connectivity index (χ3n) is 7.22. The molecule has 2 aliphatic rings. The van der Waals surface area contributed by atoms with Crippen molar-refractivity contribution in [3.05, 3.63) is 58.4 Å². The van der Waals surface area contributed by atoms with Gasteiger partial charge in [0, 0.05) is 17.4 Å². The fraction of sp³-hybridized carbons (Fsp3) is 0.517. The van der Waals surface area contributed by atoms with Crippen molar-refractivity contribution < 1.29 is 23.5 Å². The molecule has 0 saturated carbocycles. The van der Waals surface area contributed by atoms with E-state index in [-0.39, 0.29) is 11.7 Å². The highest BCUT2D eigenvalue weighted by Crippen LogP contribution is 2.50. The molecule has 188 valence electrons. The van der Waals surface area contributed by atoms with Gasteiger partial charge < -0.3 is 18.7 Å². The number of fused-ring (bicyclic) bond motifs is 1. The molecule has 1 saturated heterocycles. The predicted molar refractivity (Wildman–Crippen MR) is 135 cm³/mol. The maximum absolute atomic E-state index is 14.5. The van der Waals surface area contributed by atoms with Crippen LogP contribution in [0.15, 0.2) is 46.0 Å². The fourth-order valence-corrected chi connectivity index (χ4v) is 5.09. The number of rotatable bonds is 7. The van der Waals surface area contributed by atoms with E-state index in [4.69, 9.17) is 18.7 Å². The lowest BCUT2D eigenvalue weighted by molar-refractivity contribution is -0.182. The number of ether oxygens (including phenoxy) is 3. The van der Waals surface area contributed by atoms with E-state index in [0.29, 0.717) is 60.8 Å². The van der Waals surface area contributed by atoms with Crippen molar-refractivity contribution >= 4 is 5.78 Å². The predicted octanol–water partition coefficient (Wildman–Crippen LogP) is 6.86. The number of aromatic nitrogens is 1. The molecule has 2 aromatic rings. The van der Waals surface area contributed by atoms with Crippen LogP contribution in [-0.2, 0) is 15.9 Å². The first-order valence-electron chi connectivity index (χ1n) is 12.5. The number of ketones is 1. The molecule has 0 radical (unpaired) electrons. The van der Waals surface area contributed by atoms with E-state index in [2.05, 4.69) is 51.9 Å². The minimum absolute atomic E-state index is 0.0832. The van der Waals surface area contributed by atoms with Gasteiger partial charge in [0.05, 0.1) is 31.5 Å². The third kappa shape index (κ3) is 4.87. The molecule has 0 N–H and O–H groups in total. The molecular weight excluding hydrogens is 442 g/mol. The second kappa shape index (κ2) is 10.5. The number of hydrogen-bond donors (Lipinski definition) is 0. The normalized spacial score (nSPS) is 19.7. The van der Waals surface area contributed by atoms with Gasteiger partial charge in [0.1, 0.15) is 17.2 Å². The first kappa shape index (κ1) is 25.4. The summed E-state index contributed by atoms with van der Waals surface area (Å²) in [4.78, 5) is 14.5. The summed E-state index contributed by atoms with van der Waals surface area (Å²) in [6.45, 7) is 11.7. The molecule has 1 fully saturated rings. The van der Waals surface area contributed by atoms with Crippen LogP contribution in [0.3, 0.4) is 0 Å². The summed E-state index contributed by atoms with van der Waals surface area (Å²) in [5.74, 6) is 1.45. The second-order valence-electron chi connectivity index (χ2n) is 10.2. The quantitative estimate of drug-likeness (QED) is 0.404. The Kier molecular flexibility index (Phi) is 7.62. The molecular formula is C29H37NO5. The molecule has 1 aliphatic carbocycles. The Hall–Kier alpha value is -2.70. The van der Waals surface area contributed by atoms with Gasteiger partial charge in [0.2, 0.25) is 0 Å². The van der Waals surface area contributed by atoms with Crippen molar-refractivity contribution in [3.8, 4) is 17.0 Å². The standard InChI is InChI=1S/C29H37NO5/c1-18(2)11-13-29(14-12-19(3)4)20(5)17-23-25(27(29)31)26(30-35-23)24-21(9-7-10-22(24)32-6)28-33-15-8-16-34-28/h7,9-12,20,28H,8,13-17H2,1-6H3. The van der Waals surface area contributed by atoms with Crippen LogP contribution in [0, 0.1) is 11.3 Å². The van der Waals surface area contributed by atoms with E-state index >= 15 is 0 Å². The van der Waals surface area contributed by atoms with E-state index in [1.165, 1.54) is 11.1 Å². The van der Waals surface area contributed by atoms with Gasteiger partial charge in [0.15, 0.2) is 12.1 Å². The lowest BCUT2D eigenvalue weighted by Crippen LogP contribution is -2.42. The van der Waals surface area contributed by atoms with Gasteiger partial charge in [-0.25, -0.2) is 0 Å². The summed E-state index contributed by atoms with van der Waals surface area (Å²) in [5.41, 5.74) is 4.42. The average molecular weight is 480 g/mol. The Balaban J connectivity index is 1.88. The van der Waals surface area contributed by atoms with E-state index in [0.717, 1.165) is 12.0 Å². The summed E-state index contributed by atoms with van der Waals surface area (Å²) in [6, 6.07) is 5.73. The van der Waals surface area contributed by atoms with Crippen LogP contribution < -0.4 is 4.74 Å². The number of carbonyl (C=O) groups is 1. The summed E-state index contributed by atoms with van der Waals surface area (Å²) >= 11 is 0. The summed E-state index contributed by atoms with van der Waals surface area (Å²) in [7, 11) is 1.62. The Morgan fingerprint density at radius 3 is 2.34 bits per heavy atom. The van der Waals surface area contributed by atoms with Gasteiger partial charge in [-0.2, -0.15) is 0 Å². The highest BCUT2D eigenvalue weighted by Gasteiger charge is 2.49. The Labute approximate surface area is 208 Å². The van der Waals surface area contributed by atoms with Gasteiger partial charge in [0.25, 0.3) is 0 Å². The van der Waals surface area contributed by atoms with Crippen molar-refractivity contribution in [2.24, 2.45) is 11.3 Å². The molecule has 4 rings (SSSR count). The zero-order valence-electron chi connectivity index (χ0n) is 21.8. The number of methoxy groups -OCH3 is 1. The number of hydrogen-bond acceptors (Lipinski definition) is 6. The van der Waals surface area contributed by atoms with Crippen molar-refractivity contribution in [1.29, 1.82) is 0 Å². The lowest BCUT2D eigenvalue weighted by Gasteiger charge is -2.39. The molecule has 1 unspecified atom stereocenters. The average Bonchev–Trinajstić information content (AvgIpc) is 3.26. The number of benzene rings is 1. The Morgan fingerprint density at radius 2 is 1.74 bits per heavy atom. The highest BCUT2D eigenvalue weighted by molar-refractivity contribution is 6.07. The van der Waals surface area contributed by atoms with Crippen LogP contribution in [0.5, 0.6) is 5.75 Å². The lowest BCUT2D eigenvalue weighted by atomic mass is 9.61. The summed E-state index contributed by atoms with van der Waals surface area (Å²) in [5, 5.41) is 4.46. The molecule has 0 spiro atoms. The molecule has 1 aliphatic heterocycles. The van der Waals surface area contributed by atoms with Crippen LogP contribution in [0.1, 0.15) is 81.9 Å². The first-order chi connectivity index (χ1) is 16.8. The van der Waals surface area contributed by atoms with E-state index in [1.54, 1.807) is 7.11 Å². The number of nitrogens with zero attached hydrogens (tertiary/aromatic N) is 1.